The van der Waals surface area contributed by atoms with Crippen molar-refractivity contribution >= 4 is 27.5 Å². The van der Waals surface area contributed by atoms with E-state index in [1.807, 2.05) is 50.2 Å². The van der Waals surface area contributed by atoms with Crippen molar-refractivity contribution in [2.75, 3.05) is 17.4 Å². The van der Waals surface area contributed by atoms with Crippen LogP contribution in [0.1, 0.15) is 29.2 Å². The number of aryl methyl sites for hydroxylation is 2. The minimum absolute atomic E-state index is 0.0279. The average molecular weight is 602 g/mol. The maximum absolute atomic E-state index is 14.3. The van der Waals surface area contributed by atoms with E-state index in [0.29, 0.717) is 17.8 Å². The van der Waals surface area contributed by atoms with E-state index in [4.69, 9.17) is 0 Å². The predicted octanol–water partition coefficient (Wildman–Crippen LogP) is 5.41. The molecule has 1 atom stereocenters. The van der Waals surface area contributed by atoms with Gasteiger partial charge in [-0.05, 0) is 79.4 Å². The summed E-state index contributed by atoms with van der Waals surface area (Å²) in [6, 6.07) is 27.2. The van der Waals surface area contributed by atoms with Gasteiger partial charge in [-0.15, -0.1) is 0 Å². The minimum atomic E-state index is -4.17. The lowest BCUT2D eigenvalue weighted by atomic mass is 10.0. The summed E-state index contributed by atoms with van der Waals surface area (Å²) in [5.41, 5.74) is 3.61. The van der Waals surface area contributed by atoms with E-state index in [9.17, 15) is 22.4 Å². The molecule has 0 aromatic heterocycles. The first-order chi connectivity index (χ1) is 20.6. The first-order valence-corrected chi connectivity index (χ1v) is 15.5. The van der Waals surface area contributed by atoms with Crippen LogP contribution in [0.15, 0.2) is 108 Å². The van der Waals surface area contributed by atoms with Gasteiger partial charge < -0.3 is 10.2 Å². The van der Waals surface area contributed by atoms with Crippen molar-refractivity contribution in [3.63, 3.8) is 0 Å². The molecule has 4 aromatic rings. The highest BCUT2D eigenvalue weighted by Crippen LogP contribution is 2.27. The number of hydrogen-bond donors (Lipinski definition) is 1. The molecular weight excluding hydrogens is 565 g/mol. The Kier molecular flexibility index (Phi) is 10.3. The predicted molar refractivity (Wildman–Crippen MR) is 166 cm³/mol. The number of hydrogen-bond acceptors (Lipinski definition) is 4. The molecule has 0 saturated carbocycles. The molecule has 0 heterocycles. The molecule has 7 nitrogen and oxygen atoms in total. The fraction of sp³-hybridized carbons (Fsp3) is 0.235. The highest BCUT2D eigenvalue weighted by molar-refractivity contribution is 7.92. The molecule has 0 radical (unpaired) electrons. The minimum Gasteiger partial charge on any atom is -0.355 e. The Morgan fingerprint density at radius 1 is 0.814 bits per heavy atom. The van der Waals surface area contributed by atoms with E-state index < -0.39 is 34.3 Å². The molecule has 43 heavy (non-hydrogen) atoms. The molecule has 1 N–H and O–H groups in total. The van der Waals surface area contributed by atoms with Gasteiger partial charge in [-0.25, -0.2) is 12.8 Å². The van der Waals surface area contributed by atoms with Gasteiger partial charge in [0.1, 0.15) is 18.4 Å². The van der Waals surface area contributed by atoms with Gasteiger partial charge in [0.2, 0.25) is 11.8 Å². The molecule has 9 heteroatoms. The maximum atomic E-state index is 14.3. The Bertz CT molecular complexity index is 1650. The number of anilines is 1. The molecule has 4 rings (SSSR count). The number of halogens is 1. The smallest absolute Gasteiger partial charge is 0.264 e. The van der Waals surface area contributed by atoms with Crippen LogP contribution in [-0.4, -0.2) is 44.3 Å². The lowest BCUT2D eigenvalue weighted by molar-refractivity contribution is -0.140. The number of rotatable bonds is 12. The number of benzene rings is 4. The zero-order chi connectivity index (χ0) is 31.0. The van der Waals surface area contributed by atoms with Crippen LogP contribution in [0.2, 0.25) is 0 Å². The van der Waals surface area contributed by atoms with Gasteiger partial charge >= 0.3 is 0 Å². The quantitative estimate of drug-likeness (QED) is 0.235. The van der Waals surface area contributed by atoms with Crippen molar-refractivity contribution in [3.05, 3.63) is 131 Å². The number of carbonyl (C=O) groups is 2. The molecule has 0 fully saturated rings. The van der Waals surface area contributed by atoms with Crippen LogP contribution in [0.25, 0.3) is 0 Å². The first kappa shape index (κ1) is 31.4. The molecule has 0 aliphatic heterocycles. The summed E-state index contributed by atoms with van der Waals surface area (Å²) in [6.45, 7) is 5.36. The third kappa shape index (κ3) is 7.87. The number of amides is 2. The number of sulfonamides is 1. The Balaban J connectivity index is 1.80. The zero-order valence-corrected chi connectivity index (χ0v) is 25.4. The summed E-state index contributed by atoms with van der Waals surface area (Å²) < 4.78 is 42.9. The van der Waals surface area contributed by atoms with Gasteiger partial charge in [0, 0.05) is 19.5 Å². The zero-order valence-electron chi connectivity index (χ0n) is 24.5. The van der Waals surface area contributed by atoms with Gasteiger partial charge in [-0.2, -0.15) is 0 Å². The average Bonchev–Trinajstić information content (AvgIpc) is 3.01. The van der Waals surface area contributed by atoms with Crippen LogP contribution in [0, 0.1) is 19.7 Å². The summed E-state index contributed by atoms with van der Waals surface area (Å²) >= 11 is 0. The lowest BCUT2D eigenvalue weighted by Crippen LogP contribution is -2.53. The third-order valence-electron chi connectivity index (χ3n) is 7.28. The van der Waals surface area contributed by atoms with Crippen LogP contribution in [0.4, 0.5) is 10.1 Å². The number of nitrogens with zero attached hydrogens (tertiary/aromatic N) is 2. The molecule has 0 bridgehead atoms. The number of likely N-dealkylation sites (N-methyl/N-ethyl adjacent to an activating group) is 1. The van der Waals surface area contributed by atoms with E-state index in [2.05, 4.69) is 5.32 Å². The van der Waals surface area contributed by atoms with E-state index in [1.165, 1.54) is 29.2 Å². The van der Waals surface area contributed by atoms with Crippen molar-refractivity contribution in [1.82, 2.24) is 10.2 Å². The summed E-state index contributed by atoms with van der Waals surface area (Å²) in [4.78, 5) is 29.3. The standard InChI is InChI=1S/C34H36FN3O4S/c1-4-36-34(40)32(22-27-11-7-5-8-12-27)37(23-28-16-18-29(35)19-17-28)33(39)24-38(30-20-15-25(2)26(3)21-30)43(41,42)31-13-9-6-10-14-31/h5-21,32H,4,22-24H2,1-3H3,(H,36,40)/t32-/m0/s1. The largest absolute Gasteiger partial charge is 0.355 e. The van der Waals surface area contributed by atoms with Crippen molar-refractivity contribution < 1.29 is 22.4 Å². The second-order valence-electron chi connectivity index (χ2n) is 10.3. The first-order valence-electron chi connectivity index (χ1n) is 14.1. The van der Waals surface area contributed by atoms with Gasteiger partial charge in [0.25, 0.3) is 10.0 Å². The second kappa shape index (κ2) is 14.1. The van der Waals surface area contributed by atoms with E-state index >= 15 is 0 Å². The highest BCUT2D eigenvalue weighted by Gasteiger charge is 2.34. The molecule has 0 aliphatic rings. The van der Waals surface area contributed by atoms with Crippen molar-refractivity contribution in [2.24, 2.45) is 0 Å². The van der Waals surface area contributed by atoms with Crippen LogP contribution in [0.5, 0.6) is 0 Å². The van der Waals surface area contributed by atoms with Crippen LogP contribution in [0.3, 0.4) is 0 Å². The maximum Gasteiger partial charge on any atom is 0.264 e. The molecule has 224 valence electrons. The van der Waals surface area contributed by atoms with Gasteiger partial charge in [0.15, 0.2) is 0 Å². The van der Waals surface area contributed by atoms with Gasteiger partial charge in [-0.3, -0.25) is 13.9 Å². The SMILES string of the molecule is CCNC(=O)[C@H](Cc1ccccc1)N(Cc1ccc(F)cc1)C(=O)CN(c1ccc(C)c(C)c1)S(=O)(=O)c1ccccc1. The Morgan fingerprint density at radius 3 is 2.05 bits per heavy atom. The summed E-state index contributed by atoms with van der Waals surface area (Å²) in [5, 5.41) is 2.83. The Hall–Kier alpha value is -4.50. The highest BCUT2D eigenvalue weighted by atomic mass is 32.2. The monoisotopic (exact) mass is 601 g/mol. The van der Waals surface area contributed by atoms with E-state index in [0.717, 1.165) is 21.0 Å². The topological polar surface area (TPSA) is 86.8 Å². The lowest BCUT2D eigenvalue weighted by Gasteiger charge is -2.34. The molecule has 4 aromatic carbocycles. The Morgan fingerprint density at radius 2 is 1.44 bits per heavy atom. The molecule has 0 unspecified atom stereocenters. The molecular formula is C34H36FN3O4S. The van der Waals surface area contributed by atoms with Crippen molar-refractivity contribution in [2.45, 2.75) is 44.7 Å². The fourth-order valence-electron chi connectivity index (χ4n) is 4.76. The number of carbonyl (C=O) groups excluding carboxylic acids is 2. The summed E-state index contributed by atoms with van der Waals surface area (Å²) in [5.74, 6) is -1.37. The van der Waals surface area contributed by atoms with Crippen molar-refractivity contribution in [1.29, 1.82) is 0 Å². The third-order valence-corrected chi connectivity index (χ3v) is 9.06. The van der Waals surface area contributed by atoms with Crippen LogP contribution in [-0.2, 0) is 32.6 Å². The fourth-order valence-corrected chi connectivity index (χ4v) is 6.19. The molecule has 2 amide bonds. The second-order valence-corrected chi connectivity index (χ2v) is 12.2. The van der Waals surface area contributed by atoms with E-state index in [1.54, 1.807) is 49.4 Å². The molecule has 0 aliphatic carbocycles. The normalized spacial score (nSPS) is 11.9. The number of nitrogens with one attached hydrogen (secondary N) is 1. The van der Waals surface area contributed by atoms with Crippen LogP contribution < -0.4 is 9.62 Å². The Labute approximate surface area is 253 Å². The van der Waals surface area contributed by atoms with E-state index in [-0.39, 0.29) is 23.8 Å². The van der Waals surface area contributed by atoms with Gasteiger partial charge in [-0.1, -0.05) is 66.7 Å². The summed E-state index contributed by atoms with van der Waals surface area (Å²) in [6.07, 6.45) is 0.203. The van der Waals surface area contributed by atoms with Crippen LogP contribution >= 0.6 is 0 Å². The summed E-state index contributed by atoms with van der Waals surface area (Å²) in [7, 11) is -4.17. The molecule has 0 saturated heterocycles. The van der Waals surface area contributed by atoms with Crippen molar-refractivity contribution in [3.8, 4) is 0 Å². The van der Waals surface area contributed by atoms with Gasteiger partial charge in [0.05, 0.1) is 10.6 Å². The molecule has 0 spiro atoms.